The predicted molar refractivity (Wildman–Crippen MR) is 152 cm³/mol. The van der Waals surface area contributed by atoms with Gasteiger partial charge in [-0.25, -0.2) is 4.98 Å². The molecule has 6 rings (SSSR count). The van der Waals surface area contributed by atoms with E-state index in [0.29, 0.717) is 26.1 Å². The molecule has 1 aliphatic rings. The number of ketones is 1. The van der Waals surface area contributed by atoms with Crippen molar-refractivity contribution < 1.29 is 29.0 Å². The maximum absolute atomic E-state index is 13.9. The lowest BCUT2D eigenvalue weighted by Gasteiger charge is -2.25. The highest BCUT2D eigenvalue weighted by molar-refractivity contribution is 9.10. The summed E-state index contributed by atoms with van der Waals surface area (Å²) in [6.07, 6.45) is 0. The Morgan fingerprint density at radius 3 is 2.64 bits per heavy atom. The molecule has 8 nitrogen and oxygen atoms in total. The Morgan fingerprint density at radius 2 is 1.90 bits per heavy atom. The van der Waals surface area contributed by atoms with Crippen molar-refractivity contribution in [3.63, 3.8) is 0 Å². The van der Waals surface area contributed by atoms with Gasteiger partial charge in [0.15, 0.2) is 28.1 Å². The number of carbonyl (C=O) groups excluding carboxylic acids is 2. The van der Waals surface area contributed by atoms with Crippen molar-refractivity contribution in [1.29, 1.82) is 0 Å². The highest BCUT2D eigenvalue weighted by Gasteiger charge is 2.47. The number of thiazole rings is 1. The number of aromatic nitrogens is 1. The fraction of sp³-hybridized carbons (Fsp3) is 0.138. The second-order valence-corrected chi connectivity index (χ2v) is 11.2. The molecular weight excluding hydrogens is 584 g/mol. The van der Waals surface area contributed by atoms with Crippen molar-refractivity contribution in [1.82, 2.24) is 4.98 Å². The molecule has 1 unspecified atom stereocenters. The third kappa shape index (κ3) is 3.98. The summed E-state index contributed by atoms with van der Waals surface area (Å²) < 4.78 is 12.3. The van der Waals surface area contributed by atoms with E-state index in [1.165, 1.54) is 29.4 Å². The van der Waals surface area contributed by atoms with Crippen LogP contribution in [0.2, 0.25) is 0 Å². The molecule has 3 aromatic carbocycles. The Labute approximate surface area is 234 Å². The number of amides is 1. The fourth-order valence-electron chi connectivity index (χ4n) is 4.95. The third-order valence-electron chi connectivity index (χ3n) is 6.71. The van der Waals surface area contributed by atoms with Gasteiger partial charge in [-0.1, -0.05) is 35.6 Å². The number of furan rings is 1. The van der Waals surface area contributed by atoms with Crippen LogP contribution in [-0.4, -0.2) is 34.0 Å². The largest absolute Gasteiger partial charge is 0.503 e. The van der Waals surface area contributed by atoms with Crippen LogP contribution in [0.15, 0.2) is 74.8 Å². The first-order chi connectivity index (χ1) is 18.7. The number of fused-ring (bicyclic) bond motifs is 2. The lowest BCUT2D eigenvalue weighted by molar-refractivity contribution is -0.117. The van der Waals surface area contributed by atoms with Gasteiger partial charge in [0.2, 0.25) is 5.78 Å². The number of nitrogens with zero attached hydrogens (tertiary/aromatic N) is 2. The van der Waals surface area contributed by atoms with E-state index >= 15 is 0 Å². The van der Waals surface area contributed by atoms with Gasteiger partial charge < -0.3 is 19.4 Å². The summed E-state index contributed by atoms with van der Waals surface area (Å²) in [5, 5.41) is 22.6. The SMILES string of the molecule is COc1cc(C2C(C(=O)c3cc4ccccc4o3)=C(O)C(=O)N2c2nc3c(C)cc(C)cc3s2)cc(Br)c1O. The molecule has 0 bridgehead atoms. The molecule has 0 saturated heterocycles. The summed E-state index contributed by atoms with van der Waals surface area (Å²) in [7, 11) is 1.40. The number of aliphatic hydroxyl groups is 1. The molecule has 0 spiro atoms. The highest BCUT2D eigenvalue weighted by atomic mass is 79.9. The number of aromatic hydroxyl groups is 1. The standard InChI is InChI=1S/C29H21BrN2O6S/c1-13-8-14(2)23-21(9-13)39-29(31-23)32-24(16-10-17(30)25(33)19(12-16)37-3)22(27(35)28(32)36)26(34)20-11-15-6-4-5-7-18(15)38-20/h4-12,24,33,35H,1-3H3. The number of aliphatic hydroxyl groups excluding tert-OH is 1. The lowest BCUT2D eigenvalue weighted by Crippen LogP contribution is -2.31. The van der Waals surface area contributed by atoms with Crippen molar-refractivity contribution in [3.8, 4) is 11.5 Å². The monoisotopic (exact) mass is 604 g/mol. The Kier molecular flexibility index (Phi) is 5.96. The summed E-state index contributed by atoms with van der Waals surface area (Å²) in [6, 6.07) is 14.7. The van der Waals surface area contributed by atoms with Crippen LogP contribution >= 0.6 is 27.3 Å². The van der Waals surface area contributed by atoms with E-state index < -0.39 is 23.5 Å². The number of Topliss-reactive ketones (excluding diaryl/α,β-unsaturated/α-hetero) is 1. The average molecular weight is 605 g/mol. The van der Waals surface area contributed by atoms with E-state index in [9.17, 15) is 19.8 Å². The molecule has 1 atom stereocenters. The molecule has 2 aromatic heterocycles. The number of carbonyl (C=O) groups is 2. The summed E-state index contributed by atoms with van der Waals surface area (Å²) in [5.41, 5.74) is 3.48. The van der Waals surface area contributed by atoms with Crippen LogP contribution in [0.4, 0.5) is 5.13 Å². The average Bonchev–Trinajstić information content (AvgIpc) is 3.59. The minimum absolute atomic E-state index is 0.0158. The lowest BCUT2D eigenvalue weighted by atomic mass is 9.95. The molecule has 1 amide bonds. The van der Waals surface area contributed by atoms with Crippen molar-refractivity contribution >= 4 is 65.3 Å². The van der Waals surface area contributed by atoms with Crippen molar-refractivity contribution in [2.75, 3.05) is 12.0 Å². The number of methoxy groups -OCH3 is 1. The van der Waals surface area contributed by atoms with E-state index in [2.05, 4.69) is 15.9 Å². The second kappa shape index (κ2) is 9.25. The molecule has 3 heterocycles. The minimum Gasteiger partial charge on any atom is -0.503 e. The number of phenolic OH excluding ortho intramolecular Hbond substituents is 1. The number of halogens is 1. The maximum atomic E-state index is 13.9. The molecule has 0 saturated carbocycles. The number of hydrogen-bond donors (Lipinski definition) is 2. The Bertz CT molecular complexity index is 1840. The number of rotatable bonds is 5. The number of phenols is 1. The van der Waals surface area contributed by atoms with E-state index in [0.717, 1.165) is 21.3 Å². The molecular formula is C29H21BrN2O6S. The van der Waals surface area contributed by atoms with Crippen molar-refractivity contribution in [3.05, 3.63) is 92.9 Å². The molecule has 0 aliphatic carbocycles. The summed E-state index contributed by atoms with van der Waals surface area (Å²) in [4.78, 5) is 33.6. The van der Waals surface area contributed by atoms with Crippen LogP contribution in [0, 0.1) is 13.8 Å². The van der Waals surface area contributed by atoms with E-state index in [-0.39, 0.29) is 22.8 Å². The number of anilines is 1. The first-order valence-corrected chi connectivity index (χ1v) is 13.5. The molecule has 1 aliphatic heterocycles. The molecule has 5 aromatic rings. The highest BCUT2D eigenvalue weighted by Crippen LogP contribution is 2.47. The number of para-hydroxylation sites is 1. The minimum atomic E-state index is -1.08. The van der Waals surface area contributed by atoms with Gasteiger partial charge >= 0.3 is 0 Å². The Balaban J connectivity index is 1.56. The van der Waals surface area contributed by atoms with Crippen molar-refractivity contribution in [2.24, 2.45) is 0 Å². The molecule has 196 valence electrons. The summed E-state index contributed by atoms with van der Waals surface area (Å²) in [6.45, 7) is 3.92. The van der Waals surface area contributed by atoms with E-state index in [1.54, 1.807) is 30.3 Å². The predicted octanol–water partition coefficient (Wildman–Crippen LogP) is 6.92. The zero-order chi connectivity index (χ0) is 27.6. The molecule has 39 heavy (non-hydrogen) atoms. The molecule has 10 heteroatoms. The van der Waals surface area contributed by atoms with Crippen LogP contribution in [-0.2, 0) is 4.79 Å². The number of hydrogen-bond acceptors (Lipinski definition) is 8. The Hall–Kier alpha value is -4.15. The first kappa shape index (κ1) is 25.1. The first-order valence-electron chi connectivity index (χ1n) is 11.9. The normalized spacial score (nSPS) is 15.6. The Morgan fingerprint density at radius 1 is 1.13 bits per heavy atom. The molecule has 0 fully saturated rings. The van der Waals surface area contributed by atoms with Gasteiger partial charge in [-0.2, -0.15) is 0 Å². The van der Waals surface area contributed by atoms with Crippen LogP contribution in [0.5, 0.6) is 11.5 Å². The molecule has 0 radical (unpaired) electrons. The van der Waals surface area contributed by atoms with Crippen LogP contribution in [0.25, 0.3) is 21.2 Å². The summed E-state index contributed by atoms with van der Waals surface area (Å²) in [5.74, 6) is -2.12. The topological polar surface area (TPSA) is 113 Å². The fourth-order valence-corrected chi connectivity index (χ4v) is 6.57. The smallest absolute Gasteiger partial charge is 0.296 e. The van der Waals surface area contributed by atoms with Crippen molar-refractivity contribution in [2.45, 2.75) is 19.9 Å². The zero-order valence-corrected chi connectivity index (χ0v) is 23.4. The zero-order valence-electron chi connectivity index (χ0n) is 21.0. The van der Waals surface area contributed by atoms with Gasteiger partial charge in [0.25, 0.3) is 5.91 Å². The van der Waals surface area contributed by atoms with Crippen LogP contribution in [0.3, 0.4) is 0 Å². The van der Waals surface area contributed by atoms with Gasteiger partial charge in [-0.15, -0.1) is 0 Å². The van der Waals surface area contributed by atoms with Crippen LogP contribution < -0.4 is 9.64 Å². The van der Waals surface area contributed by atoms with Gasteiger partial charge in [0.05, 0.1) is 33.4 Å². The van der Waals surface area contributed by atoms with E-state index in [1.807, 2.05) is 32.0 Å². The molecule has 2 N–H and O–H groups in total. The van der Waals surface area contributed by atoms with Gasteiger partial charge in [-0.05, 0) is 76.8 Å². The number of aryl methyl sites for hydroxylation is 2. The van der Waals surface area contributed by atoms with Gasteiger partial charge in [-0.3, -0.25) is 14.5 Å². The van der Waals surface area contributed by atoms with Gasteiger partial charge in [0, 0.05) is 5.39 Å². The maximum Gasteiger partial charge on any atom is 0.296 e. The third-order valence-corrected chi connectivity index (χ3v) is 8.32. The number of ether oxygens (including phenoxy) is 1. The quantitative estimate of drug-likeness (QED) is 0.209. The number of benzene rings is 3. The van der Waals surface area contributed by atoms with Crippen LogP contribution in [0.1, 0.15) is 33.3 Å². The van der Waals surface area contributed by atoms with Gasteiger partial charge in [0.1, 0.15) is 5.58 Å². The van der Waals surface area contributed by atoms with E-state index in [4.69, 9.17) is 14.1 Å². The second-order valence-electron chi connectivity index (χ2n) is 9.30. The summed E-state index contributed by atoms with van der Waals surface area (Å²) >= 11 is 4.62.